The predicted octanol–water partition coefficient (Wildman–Crippen LogP) is 3.63. The maximum absolute atomic E-state index is 13.2. The van der Waals surface area contributed by atoms with E-state index in [-0.39, 0.29) is 16.4 Å². The molecule has 7 heteroatoms. The van der Waals surface area contributed by atoms with E-state index >= 15 is 0 Å². The molecule has 1 N–H and O–H groups in total. The Morgan fingerprint density at radius 2 is 2.26 bits per heavy atom. The van der Waals surface area contributed by atoms with Gasteiger partial charge < -0.3 is 9.73 Å². The third-order valence-electron chi connectivity index (χ3n) is 2.50. The van der Waals surface area contributed by atoms with Crippen LogP contribution in [0.25, 0.3) is 0 Å². The van der Waals surface area contributed by atoms with Gasteiger partial charge in [0, 0.05) is 13.0 Å². The van der Waals surface area contributed by atoms with Gasteiger partial charge in [0.25, 0.3) is 5.69 Å². The summed E-state index contributed by atoms with van der Waals surface area (Å²) in [5, 5.41) is 13.5. The van der Waals surface area contributed by atoms with Crippen LogP contribution in [0, 0.1) is 15.9 Å². The first-order chi connectivity index (χ1) is 9.08. The Balaban J connectivity index is 2.10. The molecule has 0 aliphatic rings. The maximum Gasteiger partial charge on any atom is 0.295 e. The molecule has 0 atom stereocenters. The lowest BCUT2D eigenvalue weighted by Crippen LogP contribution is -2.07. The van der Waals surface area contributed by atoms with Crippen molar-refractivity contribution in [2.24, 2.45) is 0 Å². The van der Waals surface area contributed by atoms with Gasteiger partial charge in [-0.05, 0) is 18.2 Å². The summed E-state index contributed by atoms with van der Waals surface area (Å²) >= 11 is 5.61. The highest BCUT2D eigenvalue weighted by atomic mass is 35.5. The Bertz CT molecular complexity index is 587. The Labute approximate surface area is 113 Å². The molecule has 0 saturated carbocycles. The van der Waals surface area contributed by atoms with E-state index in [0.717, 1.165) is 11.8 Å². The lowest BCUT2D eigenvalue weighted by Gasteiger charge is -2.07. The first-order valence-electron chi connectivity index (χ1n) is 5.47. The molecule has 0 aliphatic carbocycles. The molecule has 100 valence electrons. The zero-order valence-corrected chi connectivity index (χ0v) is 10.5. The Morgan fingerprint density at radius 1 is 1.47 bits per heavy atom. The second kappa shape index (κ2) is 5.71. The Kier molecular flexibility index (Phi) is 4.01. The van der Waals surface area contributed by atoms with Crippen LogP contribution in [0.2, 0.25) is 5.02 Å². The largest absolute Gasteiger partial charge is 0.469 e. The summed E-state index contributed by atoms with van der Waals surface area (Å²) in [5.74, 6) is -0.0617. The zero-order chi connectivity index (χ0) is 13.8. The fraction of sp³-hybridized carbons (Fsp3) is 0.167. The number of halogens is 2. The standard InChI is InChI=1S/C12H10ClFN2O3/c13-9-6-11(12(16(17)18)7-10(9)14)15-4-3-8-2-1-5-19-8/h1-2,5-7,15H,3-4H2. The molecule has 1 aromatic heterocycles. The molecule has 1 heterocycles. The number of rotatable bonds is 5. The molecular formula is C12H10ClFN2O3. The van der Waals surface area contributed by atoms with Crippen LogP contribution in [-0.4, -0.2) is 11.5 Å². The Hall–Kier alpha value is -2.08. The van der Waals surface area contributed by atoms with Crippen molar-refractivity contribution in [1.29, 1.82) is 0 Å². The van der Waals surface area contributed by atoms with Gasteiger partial charge in [-0.1, -0.05) is 11.6 Å². The fourth-order valence-corrected chi connectivity index (χ4v) is 1.77. The highest BCUT2D eigenvalue weighted by Gasteiger charge is 2.17. The van der Waals surface area contributed by atoms with Crippen molar-refractivity contribution < 1.29 is 13.7 Å². The number of hydrogen-bond acceptors (Lipinski definition) is 4. The van der Waals surface area contributed by atoms with Crippen LogP contribution in [0.15, 0.2) is 34.9 Å². The monoisotopic (exact) mass is 284 g/mol. The van der Waals surface area contributed by atoms with Gasteiger partial charge in [-0.3, -0.25) is 10.1 Å². The van der Waals surface area contributed by atoms with Gasteiger partial charge in [0.15, 0.2) is 0 Å². The topological polar surface area (TPSA) is 68.3 Å². The van der Waals surface area contributed by atoms with E-state index in [1.54, 1.807) is 18.4 Å². The summed E-state index contributed by atoms with van der Waals surface area (Å²) in [6, 6.07) is 5.56. The Morgan fingerprint density at radius 3 is 2.89 bits per heavy atom. The quantitative estimate of drug-likeness (QED) is 0.672. The summed E-state index contributed by atoms with van der Waals surface area (Å²) in [7, 11) is 0. The smallest absolute Gasteiger partial charge is 0.295 e. The zero-order valence-electron chi connectivity index (χ0n) is 9.73. The van der Waals surface area contributed by atoms with Crippen molar-refractivity contribution >= 4 is 23.0 Å². The molecule has 0 bridgehead atoms. The van der Waals surface area contributed by atoms with Crippen molar-refractivity contribution in [3.63, 3.8) is 0 Å². The first-order valence-corrected chi connectivity index (χ1v) is 5.85. The number of benzene rings is 1. The molecule has 5 nitrogen and oxygen atoms in total. The van der Waals surface area contributed by atoms with Crippen LogP contribution in [0.4, 0.5) is 15.8 Å². The van der Waals surface area contributed by atoms with Gasteiger partial charge in [0.2, 0.25) is 0 Å². The second-order valence-corrected chi connectivity index (χ2v) is 4.20. The van der Waals surface area contributed by atoms with Crippen LogP contribution in [-0.2, 0) is 6.42 Å². The number of nitro groups is 1. The molecule has 19 heavy (non-hydrogen) atoms. The molecule has 0 amide bonds. The van der Waals surface area contributed by atoms with Crippen LogP contribution in [0.5, 0.6) is 0 Å². The van der Waals surface area contributed by atoms with E-state index in [1.807, 2.05) is 0 Å². The molecule has 0 unspecified atom stereocenters. The van der Waals surface area contributed by atoms with E-state index < -0.39 is 10.7 Å². The lowest BCUT2D eigenvalue weighted by atomic mass is 10.2. The third-order valence-corrected chi connectivity index (χ3v) is 2.79. The number of hydrogen-bond donors (Lipinski definition) is 1. The number of nitrogens with one attached hydrogen (secondary N) is 1. The van der Waals surface area contributed by atoms with Crippen molar-refractivity contribution in [2.75, 3.05) is 11.9 Å². The average molecular weight is 285 g/mol. The third kappa shape index (κ3) is 3.23. The van der Waals surface area contributed by atoms with Crippen molar-refractivity contribution in [2.45, 2.75) is 6.42 Å². The summed E-state index contributed by atoms with van der Waals surface area (Å²) in [6.45, 7) is 0.413. The first kappa shape index (κ1) is 13.4. The van der Waals surface area contributed by atoms with Crippen LogP contribution in [0.1, 0.15) is 5.76 Å². The number of nitrogens with zero attached hydrogens (tertiary/aromatic N) is 1. The van der Waals surface area contributed by atoms with Gasteiger partial charge in [0.1, 0.15) is 17.3 Å². The van der Waals surface area contributed by atoms with Crippen molar-refractivity contribution in [3.05, 3.63) is 57.2 Å². The molecule has 0 spiro atoms. The minimum Gasteiger partial charge on any atom is -0.469 e. The van der Waals surface area contributed by atoms with E-state index in [9.17, 15) is 14.5 Å². The molecule has 2 rings (SSSR count). The average Bonchev–Trinajstić information content (AvgIpc) is 2.86. The molecule has 0 fully saturated rings. The lowest BCUT2D eigenvalue weighted by molar-refractivity contribution is -0.384. The molecular weight excluding hydrogens is 275 g/mol. The van der Waals surface area contributed by atoms with E-state index in [2.05, 4.69) is 5.32 Å². The van der Waals surface area contributed by atoms with Gasteiger partial charge in [-0.15, -0.1) is 0 Å². The molecule has 0 radical (unpaired) electrons. The molecule has 0 saturated heterocycles. The van der Waals surface area contributed by atoms with Gasteiger partial charge in [0.05, 0.1) is 22.3 Å². The van der Waals surface area contributed by atoms with E-state index in [0.29, 0.717) is 13.0 Å². The minimum absolute atomic E-state index is 0.161. The van der Waals surface area contributed by atoms with E-state index in [4.69, 9.17) is 16.0 Å². The molecule has 2 aromatic rings. The van der Waals surface area contributed by atoms with Crippen LogP contribution >= 0.6 is 11.6 Å². The summed E-state index contributed by atoms with van der Waals surface area (Å²) in [5.41, 5.74) is -0.163. The summed E-state index contributed by atoms with van der Waals surface area (Å²) in [6.07, 6.45) is 2.10. The predicted molar refractivity (Wildman–Crippen MR) is 69.0 cm³/mol. The fourth-order valence-electron chi connectivity index (χ4n) is 1.60. The number of anilines is 1. The highest BCUT2D eigenvalue weighted by molar-refractivity contribution is 6.31. The van der Waals surface area contributed by atoms with Crippen LogP contribution in [0.3, 0.4) is 0 Å². The van der Waals surface area contributed by atoms with Crippen molar-refractivity contribution in [3.8, 4) is 0 Å². The summed E-state index contributed by atoms with van der Waals surface area (Å²) < 4.78 is 18.3. The van der Waals surface area contributed by atoms with Gasteiger partial charge in [-0.2, -0.15) is 0 Å². The minimum atomic E-state index is -0.815. The van der Waals surface area contributed by atoms with Crippen molar-refractivity contribution in [1.82, 2.24) is 0 Å². The highest BCUT2D eigenvalue weighted by Crippen LogP contribution is 2.30. The van der Waals surface area contributed by atoms with Gasteiger partial charge in [-0.25, -0.2) is 4.39 Å². The number of furan rings is 1. The normalized spacial score (nSPS) is 10.4. The van der Waals surface area contributed by atoms with Crippen LogP contribution < -0.4 is 5.32 Å². The second-order valence-electron chi connectivity index (χ2n) is 3.80. The van der Waals surface area contributed by atoms with Gasteiger partial charge >= 0.3 is 0 Å². The SMILES string of the molecule is O=[N+]([O-])c1cc(F)c(Cl)cc1NCCc1ccco1. The molecule has 1 aromatic carbocycles. The number of nitro benzene ring substituents is 1. The molecule has 0 aliphatic heterocycles. The van der Waals surface area contributed by atoms with E-state index in [1.165, 1.54) is 6.07 Å². The maximum atomic E-state index is 13.2. The summed E-state index contributed by atoms with van der Waals surface area (Å²) in [4.78, 5) is 10.2.